The highest BCUT2D eigenvalue weighted by Gasteiger charge is 2.19. The lowest BCUT2D eigenvalue weighted by Gasteiger charge is -1.94. The van der Waals surface area contributed by atoms with Gasteiger partial charge < -0.3 is 0 Å². The first-order chi connectivity index (χ1) is 7.09. The van der Waals surface area contributed by atoms with Gasteiger partial charge in [-0.1, -0.05) is 0 Å². The van der Waals surface area contributed by atoms with Gasteiger partial charge in [0.2, 0.25) is 5.78 Å². The maximum absolute atomic E-state index is 12.0. The number of aromatic nitrogens is 3. The molecule has 15 heavy (non-hydrogen) atoms. The van der Waals surface area contributed by atoms with Gasteiger partial charge in [-0.15, -0.1) is 0 Å². The summed E-state index contributed by atoms with van der Waals surface area (Å²) in [5, 5.41) is 5.92. The van der Waals surface area contributed by atoms with E-state index < -0.39 is 0 Å². The SMILES string of the molecule is Cc1nn(C)cc1C(=O)c1nscc1Br. The standard InChI is InChI=1S/C9H8BrN3OS/c1-5-6(3-13(2)11-5)9(14)8-7(10)4-15-12-8/h3-4H,1-2H3. The van der Waals surface area contributed by atoms with Crippen LogP contribution in [0, 0.1) is 6.92 Å². The molecular weight excluding hydrogens is 278 g/mol. The van der Waals surface area contributed by atoms with Gasteiger partial charge >= 0.3 is 0 Å². The summed E-state index contributed by atoms with van der Waals surface area (Å²) in [4.78, 5) is 12.0. The van der Waals surface area contributed by atoms with Gasteiger partial charge in [-0.25, -0.2) is 0 Å². The van der Waals surface area contributed by atoms with E-state index in [9.17, 15) is 4.79 Å². The first kappa shape index (κ1) is 10.5. The maximum Gasteiger partial charge on any atom is 0.217 e. The van der Waals surface area contributed by atoms with Crippen LogP contribution in [0.2, 0.25) is 0 Å². The smallest absolute Gasteiger partial charge is 0.217 e. The Bertz CT molecular complexity index is 517. The predicted molar refractivity (Wildman–Crippen MR) is 61.2 cm³/mol. The summed E-state index contributed by atoms with van der Waals surface area (Å²) >= 11 is 4.55. The van der Waals surface area contributed by atoms with Crippen molar-refractivity contribution in [3.8, 4) is 0 Å². The normalized spacial score (nSPS) is 10.6. The fraction of sp³-hybridized carbons (Fsp3) is 0.222. The monoisotopic (exact) mass is 285 g/mol. The molecule has 2 aromatic heterocycles. The zero-order valence-electron chi connectivity index (χ0n) is 8.19. The van der Waals surface area contributed by atoms with Crippen molar-refractivity contribution < 1.29 is 4.79 Å². The Hall–Kier alpha value is -1.01. The third-order valence-electron chi connectivity index (χ3n) is 2.00. The highest BCUT2D eigenvalue weighted by molar-refractivity contribution is 9.10. The number of hydrogen-bond acceptors (Lipinski definition) is 4. The summed E-state index contributed by atoms with van der Waals surface area (Å²) in [6.45, 7) is 1.81. The Morgan fingerprint density at radius 1 is 1.60 bits per heavy atom. The molecule has 0 radical (unpaired) electrons. The molecule has 0 fully saturated rings. The van der Waals surface area contributed by atoms with Crippen molar-refractivity contribution in [3.63, 3.8) is 0 Å². The lowest BCUT2D eigenvalue weighted by molar-refractivity contribution is 0.103. The zero-order valence-corrected chi connectivity index (χ0v) is 10.6. The van der Waals surface area contributed by atoms with Crippen LogP contribution in [0.25, 0.3) is 0 Å². The van der Waals surface area contributed by atoms with Gasteiger partial charge in [-0.3, -0.25) is 9.48 Å². The molecule has 0 aliphatic rings. The van der Waals surface area contributed by atoms with Crippen LogP contribution in [0.4, 0.5) is 0 Å². The van der Waals surface area contributed by atoms with Crippen molar-refractivity contribution in [3.05, 3.63) is 33.0 Å². The molecule has 0 bridgehead atoms. The highest BCUT2D eigenvalue weighted by Crippen LogP contribution is 2.21. The van der Waals surface area contributed by atoms with Crippen molar-refractivity contribution in [2.75, 3.05) is 0 Å². The minimum Gasteiger partial charge on any atom is -0.287 e. The van der Waals surface area contributed by atoms with Crippen LogP contribution in [0.1, 0.15) is 21.7 Å². The topological polar surface area (TPSA) is 47.8 Å². The lowest BCUT2D eigenvalue weighted by Crippen LogP contribution is -2.02. The quantitative estimate of drug-likeness (QED) is 0.795. The summed E-state index contributed by atoms with van der Waals surface area (Å²) in [5.74, 6) is -0.0891. The molecule has 0 saturated heterocycles. The number of rotatable bonds is 2. The first-order valence-corrected chi connectivity index (χ1v) is 5.87. The minimum atomic E-state index is -0.0891. The van der Waals surface area contributed by atoms with E-state index in [1.165, 1.54) is 11.5 Å². The highest BCUT2D eigenvalue weighted by atomic mass is 79.9. The average molecular weight is 286 g/mol. The van der Waals surface area contributed by atoms with Crippen LogP contribution in [0.15, 0.2) is 16.0 Å². The molecule has 6 heteroatoms. The first-order valence-electron chi connectivity index (χ1n) is 4.24. The Kier molecular flexibility index (Phi) is 2.70. The number of halogens is 1. The van der Waals surface area contributed by atoms with Crippen molar-refractivity contribution in [1.29, 1.82) is 0 Å². The third-order valence-corrected chi connectivity index (χ3v) is 3.54. The third kappa shape index (κ3) is 1.87. The molecule has 4 nitrogen and oxygen atoms in total. The Morgan fingerprint density at radius 2 is 2.33 bits per heavy atom. The second kappa shape index (κ2) is 3.86. The van der Waals surface area contributed by atoms with E-state index in [2.05, 4.69) is 25.4 Å². The molecule has 0 spiro atoms. The number of hydrogen-bond donors (Lipinski definition) is 0. The molecule has 78 valence electrons. The van der Waals surface area contributed by atoms with E-state index >= 15 is 0 Å². The largest absolute Gasteiger partial charge is 0.287 e. The van der Waals surface area contributed by atoms with Gasteiger partial charge in [0.25, 0.3) is 0 Å². The van der Waals surface area contributed by atoms with Crippen LogP contribution < -0.4 is 0 Å². The molecule has 2 aromatic rings. The minimum absolute atomic E-state index is 0.0891. The molecule has 2 rings (SSSR count). The van der Waals surface area contributed by atoms with Crippen molar-refractivity contribution in [2.24, 2.45) is 7.05 Å². The van der Waals surface area contributed by atoms with E-state index in [-0.39, 0.29) is 5.78 Å². The van der Waals surface area contributed by atoms with Gasteiger partial charge in [0, 0.05) is 18.6 Å². The lowest BCUT2D eigenvalue weighted by atomic mass is 10.1. The van der Waals surface area contributed by atoms with Gasteiger partial charge in [-0.05, 0) is 34.4 Å². The Morgan fingerprint density at radius 3 is 2.80 bits per heavy atom. The molecule has 0 N–H and O–H groups in total. The summed E-state index contributed by atoms with van der Waals surface area (Å²) in [6.07, 6.45) is 1.71. The van der Waals surface area contributed by atoms with E-state index in [0.29, 0.717) is 11.3 Å². The van der Waals surface area contributed by atoms with E-state index in [0.717, 1.165) is 10.2 Å². The predicted octanol–water partition coefficient (Wildman–Crippen LogP) is 2.18. The van der Waals surface area contributed by atoms with Crippen LogP contribution >= 0.6 is 27.5 Å². The van der Waals surface area contributed by atoms with Crippen LogP contribution in [0.5, 0.6) is 0 Å². The fourth-order valence-electron chi connectivity index (χ4n) is 1.32. The molecule has 0 atom stereocenters. The van der Waals surface area contributed by atoms with Gasteiger partial charge in [0.15, 0.2) is 0 Å². The molecule has 0 aliphatic carbocycles. The van der Waals surface area contributed by atoms with E-state index in [4.69, 9.17) is 0 Å². The molecule has 2 heterocycles. The molecule has 0 amide bonds. The number of carbonyl (C=O) groups is 1. The Balaban J connectivity index is 2.45. The molecule has 0 aromatic carbocycles. The van der Waals surface area contributed by atoms with Crippen molar-refractivity contribution in [1.82, 2.24) is 14.2 Å². The van der Waals surface area contributed by atoms with E-state index in [1.54, 1.807) is 23.3 Å². The van der Waals surface area contributed by atoms with Crippen LogP contribution in [-0.4, -0.2) is 19.9 Å². The fourth-order valence-corrected chi connectivity index (χ4v) is 2.51. The van der Waals surface area contributed by atoms with Crippen LogP contribution in [-0.2, 0) is 7.05 Å². The molecule has 0 unspecified atom stereocenters. The van der Waals surface area contributed by atoms with Gasteiger partial charge in [-0.2, -0.15) is 9.47 Å². The number of nitrogens with zero attached hydrogens (tertiary/aromatic N) is 3. The second-order valence-corrected chi connectivity index (χ2v) is 4.63. The average Bonchev–Trinajstić information content (AvgIpc) is 2.71. The summed E-state index contributed by atoms with van der Waals surface area (Å²) in [7, 11) is 1.79. The summed E-state index contributed by atoms with van der Waals surface area (Å²) in [6, 6.07) is 0. The van der Waals surface area contributed by atoms with Gasteiger partial charge in [0.05, 0.1) is 15.7 Å². The molecular formula is C9H8BrN3OS. The van der Waals surface area contributed by atoms with Gasteiger partial charge in [0.1, 0.15) is 5.69 Å². The molecule has 0 saturated carbocycles. The van der Waals surface area contributed by atoms with Crippen molar-refractivity contribution >= 4 is 33.2 Å². The maximum atomic E-state index is 12.0. The zero-order chi connectivity index (χ0) is 11.0. The molecule has 0 aliphatic heterocycles. The van der Waals surface area contributed by atoms with Crippen molar-refractivity contribution in [2.45, 2.75) is 6.92 Å². The second-order valence-electron chi connectivity index (χ2n) is 3.14. The number of aryl methyl sites for hydroxylation is 2. The van der Waals surface area contributed by atoms with E-state index in [1.807, 2.05) is 6.92 Å². The number of carbonyl (C=O) groups excluding carboxylic acids is 1. The summed E-state index contributed by atoms with van der Waals surface area (Å²) < 4.78 is 6.42. The Labute approximate surface area is 99.2 Å². The summed E-state index contributed by atoms with van der Waals surface area (Å²) in [5.41, 5.74) is 1.78. The number of ketones is 1. The van der Waals surface area contributed by atoms with Crippen LogP contribution in [0.3, 0.4) is 0 Å².